The number of esters is 1. The average molecular weight is 407 g/mol. The van der Waals surface area contributed by atoms with Crippen LogP contribution in [0.4, 0.5) is 18.9 Å². The lowest BCUT2D eigenvalue weighted by Crippen LogP contribution is -2.42. The quantitative estimate of drug-likeness (QED) is 0.671. The van der Waals surface area contributed by atoms with Crippen molar-refractivity contribution in [3.8, 4) is 0 Å². The van der Waals surface area contributed by atoms with E-state index in [2.05, 4.69) is 10.6 Å². The van der Waals surface area contributed by atoms with Crippen LogP contribution in [0.5, 0.6) is 0 Å². The molecule has 0 saturated heterocycles. The fourth-order valence-electron chi connectivity index (χ4n) is 2.32. The second-order valence-electron chi connectivity index (χ2n) is 6.92. The first kappa shape index (κ1) is 21.3. The van der Waals surface area contributed by atoms with Gasteiger partial charge >= 0.3 is 12.1 Å². The molecule has 0 unspecified atom stereocenters. The molecule has 1 aliphatic rings. The van der Waals surface area contributed by atoms with E-state index in [1.54, 1.807) is 13.8 Å². The predicted octanol–water partition coefficient (Wildman–Crippen LogP) is 4.01. The maximum Gasteiger partial charge on any atom is 0.416 e. The van der Waals surface area contributed by atoms with Gasteiger partial charge in [-0.1, -0.05) is 25.4 Å². The zero-order valence-electron chi connectivity index (χ0n) is 15.2. The summed E-state index contributed by atoms with van der Waals surface area (Å²) in [6, 6.07) is 2.09. The summed E-state index contributed by atoms with van der Waals surface area (Å²) in [4.78, 5) is 24.4. The number of halogens is 4. The van der Waals surface area contributed by atoms with Crippen molar-refractivity contribution in [2.75, 3.05) is 5.32 Å². The predicted molar refractivity (Wildman–Crippen MR) is 95.4 cm³/mol. The second-order valence-corrected chi connectivity index (χ2v) is 7.33. The van der Waals surface area contributed by atoms with Crippen LogP contribution in [0, 0.1) is 5.92 Å². The van der Waals surface area contributed by atoms with Gasteiger partial charge in [-0.15, -0.1) is 0 Å². The SMILES string of the molecule is CC(C)[C@H](Nc1ccc(C(F)(F)F)cc1Cl)C(=O)O[C@@H](C)C(=O)NC1CC1. The Morgan fingerprint density at radius 1 is 1.22 bits per heavy atom. The van der Waals surface area contributed by atoms with E-state index in [0.717, 1.165) is 31.0 Å². The van der Waals surface area contributed by atoms with E-state index in [9.17, 15) is 22.8 Å². The fraction of sp³-hybridized carbons (Fsp3) is 0.556. The van der Waals surface area contributed by atoms with Crippen LogP contribution < -0.4 is 10.6 Å². The Labute approximate surface area is 160 Å². The van der Waals surface area contributed by atoms with Gasteiger partial charge in [0.15, 0.2) is 6.10 Å². The van der Waals surface area contributed by atoms with Crippen molar-refractivity contribution in [3.63, 3.8) is 0 Å². The van der Waals surface area contributed by atoms with Gasteiger partial charge in [0.25, 0.3) is 5.91 Å². The first-order chi connectivity index (χ1) is 12.5. The molecule has 1 saturated carbocycles. The maximum absolute atomic E-state index is 12.7. The van der Waals surface area contributed by atoms with E-state index in [-0.39, 0.29) is 28.6 Å². The summed E-state index contributed by atoms with van der Waals surface area (Å²) in [6.07, 6.45) is -3.66. The van der Waals surface area contributed by atoms with Crippen molar-refractivity contribution < 1.29 is 27.5 Å². The highest BCUT2D eigenvalue weighted by atomic mass is 35.5. The van der Waals surface area contributed by atoms with Crippen LogP contribution in [0.2, 0.25) is 5.02 Å². The summed E-state index contributed by atoms with van der Waals surface area (Å²) < 4.78 is 43.4. The van der Waals surface area contributed by atoms with Crippen LogP contribution in [0.25, 0.3) is 0 Å². The largest absolute Gasteiger partial charge is 0.451 e. The minimum atomic E-state index is -4.51. The highest BCUT2D eigenvalue weighted by Gasteiger charge is 2.33. The Morgan fingerprint density at radius 2 is 1.85 bits per heavy atom. The third kappa shape index (κ3) is 6.02. The number of hydrogen-bond donors (Lipinski definition) is 2. The third-order valence-corrected chi connectivity index (χ3v) is 4.43. The molecule has 0 bridgehead atoms. The van der Waals surface area contributed by atoms with Crippen molar-refractivity contribution in [3.05, 3.63) is 28.8 Å². The van der Waals surface area contributed by atoms with E-state index in [4.69, 9.17) is 16.3 Å². The molecule has 1 aromatic rings. The third-order valence-electron chi connectivity index (χ3n) is 4.11. The molecule has 0 heterocycles. The van der Waals surface area contributed by atoms with Crippen LogP contribution in [-0.4, -0.2) is 30.1 Å². The molecule has 0 aromatic heterocycles. The molecule has 1 aromatic carbocycles. The van der Waals surface area contributed by atoms with Gasteiger partial charge in [0, 0.05) is 6.04 Å². The molecule has 0 spiro atoms. The molecular weight excluding hydrogens is 385 g/mol. The number of carbonyl (C=O) groups excluding carboxylic acids is 2. The van der Waals surface area contributed by atoms with E-state index >= 15 is 0 Å². The Hall–Kier alpha value is -1.96. The molecule has 2 atom stereocenters. The minimum absolute atomic E-state index is 0.142. The molecule has 150 valence electrons. The van der Waals surface area contributed by atoms with E-state index in [1.165, 1.54) is 6.92 Å². The van der Waals surface area contributed by atoms with E-state index in [1.807, 2.05) is 0 Å². The topological polar surface area (TPSA) is 67.4 Å². The van der Waals surface area contributed by atoms with E-state index in [0.29, 0.717) is 0 Å². The standard InChI is InChI=1S/C18H22ClF3N2O3/c1-9(2)15(17(26)27-10(3)16(25)23-12-5-6-12)24-14-7-4-11(8-13(14)19)18(20,21)22/h4,7-10,12,15,24H,5-6H2,1-3H3,(H,23,25)/t10-,15-/m0/s1. The van der Waals surface area contributed by atoms with Gasteiger partial charge in [-0.2, -0.15) is 13.2 Å². The number of alkyl halides is 3. The number of amides is 1. The highest BCUT2D eigenvalue weighted by molar-refractivity contribution is 6.33. The molecule has 0 aliphatic heterocycles. The smallest absolute Gasteiger partial charge is 0.416 e. The summed E-state index contributed by atoms with van der Waals surface area (Å²) in [6.45, 7) is 4.95. The summed E-state index contributed by atoms with van der Waals surface area (Å²) in [7, 11) is 0. The number of carbonyl (C=O) groups is 2. The lowest BCUT2D eigenvalue weighted by atomic mass is 10.0. The number of ether oxygens (including phenoxy) is 1. The van der Waals surface area contributed by atoms with E-state index < -0.39 is 29.9 Å². The molecule has 2 N–H and O–H groups in total. The summed E-state index contributed by atoms with van der Waals surface area (Å²) in [5.74, 6) is -1.31. The molecule has 5 nitrogen and oxygen atoms in total. The van der Waals surface area contributed by atoms with Gasteiger partial charge in [0.05, 0.1) is 16.3 Å². The van der Waals surface area contributed by atoms with Crippen molar-refractivity contribution >= 4 is 29.2 Å². The molecule has 27 heavy (non-hydrogen) atoms. The molecular formula is C18H22ClF3N2O3. The molecule has 2 rings (SSSR count). The summed E-state index contributed by atoms with van der Waals surface area (Å²) >= 11 is 5.93. The Bertz CT molecular complexity index is 706. The number of rotatable bonds is 7. The zero-order chi connectivity index (χ0) is 20.4. The van der Waals surface area contributed by atoms with Crippen molar-refractivity contribution in [2.24, 2.45) is 5.92 Å². The van der Waals surface area contributed by atoms with Crippen LogP contribution in [-0.2, 0) is 20.5 Å². The van der Waals surface area contributed by atoms with Crippen LogP contribution in [0.1, 0.15) is 39.2 Å². The fourth-order valence-corrected chi connectivity index (χ4v) is 2.56. The number of hydrogen-bond acceptors (Lipinski definition) is 4. The average Bonchev–Trinajstić information content (AvgIpc) is 3.35. The number of benzene rings is 1. The summed E-state index contributed by atoms with van der Waals surface area (Å²) in [5, 5.41) is 5.40. The van der Waals surface area contributed by atoms with Gasteiger partial charge in [0.2, 0.25) is 0 Å². The van der Waals surface area contributed by atoms with Crippen molar-refractivity contribution in [1.29, 1.82) is 0 Å². The van der Waals surface area contributed by atoms with Gasteiger partial charge in [-0.05, 0) is 43.9 Å². The van der Waals surface area contributed by atoms with Crippen LogP contribution >= 0.6 is 11.6 Å². The van der Waals surface area contributed by atoms with Crippen LogP contribution in [0.15, 0.2) is 18.2 Å². The normalized spacial score (nSPS) is 16.6. The van der Waals surface area contributed by atoms with Gasteiger partial charge in [0.1, 0.15) is 6.04 Å². The number of nitrogens with one attached hydrogen (secondary N) is 2. The first-order valence-electron chi connectivity index (χ1n) is 8.63. The summed E-state index contributed by atoms with van der Waals surface area (Å²) in [5.41, 5.74) is -0.706. The molecule has 0 radical (unpaired) electrons. The van der Waals surface area contributed by atoms with Gasteiger partial charge in [-0.25, -0.2) is 4.79 Å². The maximum atomic E-state index is 12.7. The lowest BCUT2D eigenvalue weighted by molar-refractivity contribution is -0.156. The minimum Gasteiger partial charge on any atom is -0.451 e. The lowest BCUT2D eigenvalue weighted by Gasteiger charge is -2.24. The highest BCUT2D eigenvalue weighted by Crippen LogP contribution is 2.34. The van der Waals surface area contributed by atoms with Crippen molar-refractivity contribution in [1.82, 2.24) is 5.32 Å². The van der Waals surface area contributed by atoms with Gasteiger partial charge < -0.3 is 15.4 Å². The Balaban J connectivity index is 2.06. The molecule has 9 heteroatoms. The molecule has 1 aliphatic carbocycles. The first-order valence-corrected chi connectivity index (χ1v) is 9.01. The molecule has 1 fully saturated rings. The zero-order valence-corrected chi connectivity index (χ0v) is 15.9. The molecule has 1 amide bonds. The Morgan fingerprint density at radius 3 is 2.33 bits per heavy atom. The van der Waals surface area contributed by atoms with Crippen LogP contribution in [0.3, 0.4) is 0 Å². The second kappa shape index (κ2) is 8.37. The Kier molecular flexibility index (Phi) is 6.62. The monoisotopic (exact) mass is 406 g/mol. The van der Waals surface area contributed by atoms with Crippen molar-refractivity contribution in [2.45, 2.75) is 58.0 Å². The number of anilines is 1. The van der Waals surface area contributed by atoms with Gasteiger partial charge in [-0.3, -0.25) is 4.79 Å².